The summed E-state index contributed by atoms with van der Waals surface area (Å²) in [6.45, 7) is 1.91. The van der Waals surface area contributed by atoms with Crippen LogP contribution in [-0.2, 0) is 20.3 Å². The second-order valence-electron chi connectivity index (χ2n) is 4.35. The van der Waals surface area contributed by atoms with Crippen LogP contribution in [0.25, 0.3) is 0 Å². The van der Waals surface area contributed by atoms with Gasteiger partial charge < -0.3 is 10.1 Å². The van der Waals surface area contributed by atoms with Crippen LogP contribution in [0, 0.1) is 0 Å². The zero-order chi connectivity index (χ0) is 15.8. The van der Waals surface area contributed by atoms with Crippen molar-refractivity contribution >= 4 is 34.3 Å². The summed E-state index contributed by atoms with van der Waals surface area (Å²) in [5, 5.41) is 3.12. The molecule has 21 heavy (non-hydrogen) atoms. The summed E-state index contributed by atoms with van der Waals surface area (Å²) in [7, 11) is -1.05. The average Bonchev–Trinajstić information content (AvgIpc) is 2.43. The first kappa shape index (κ1) is 17.7. The highest BCUT2D eigenvalue weighted by atomic mass is 35.5. The van der Waals surface area contributed by atoms with E-state index in [2.05, 4.69) is 5.32 Å². The Morgan fingerprint density at radius 1 is 1.33 bits per heavy atom. The predicted octanol–water partition coefficient (Wildman–Crippen LogP) is 1.77. The number of rotatable bonds is 7. The van der Waals surface area contributed by atoms with Crippen LogP contribution in [0.2, 0.25) is 5.02 Å². The van der Waals surface area contributed by atoms with Gasteiger partial charge in [0.2, 0.25) is 0 Å². The summed E-state index contributed by atoms with van der Waals surface area (Å²) in [6.07, 6.45) is 1.81. The quantitative estimate of drug-likeness (QED) is 0.773. The summed E-state index contributed by atoms with van der Waals surface area (Å²) < 4.78 is 16.1. The molecule has 7 heteroatoms. The Balaban J connectivity index is 2.74. The van der Waals surface area contributed by atoms with Gasteiger partial charge in [-0.15, -0.1) is 0 Å². The first-order valence-corrected chi connectivity index (χ1v) is 8.57. The molecule has 1 rings (SSSR count). The van der Waals surface area contributed by atoms with Crippen molar-refractivity contribution in [1.82, 2.24) is 5.32 Å². The highest BCUT2D eigenvalue weighted by Gasteiger charge is 2.22. The van der Waals surface area contributed by atoms with Gasteiger partial charge in [0.15, 0.2) is 0 Å². The van der Waals surface area contributed by atoms with Crippen LogP contribution in [-0.4, -0.2) is 40.7 Å². The smallest absolute Gasteiger partial charge is 0.328 e. The Morgan fingerprint density at radius 3 is 2.48 bits per heavy atom. The SMILES string of the molecule is CCOC(=O)C(CCS(C)=O)NC(=O)c1ccc(Cl)cc1. The van der Waals surface area contributed by atoms with Gasteiger partial charge in [0, 0.05) is 33.4 Å². The van der Waals surface area contributed by atoms with Crippen molar-refractivity contribution in [3.8, 4) is 0 Å². The minimum Gasteiger partial charge on any atom is -0.464 e. The van der Waals surface area contributed by atoms with Gasteiger partial charge in [-0.1, -0.05) is 11.6 Å². The maximum absolute atomic E-state index is 12.1. The second kappa shape index (κ2) is 8.79. The third-order valence-electron chi connectivity index (χ3n) is 2.68. The van der Waals surface area contributed by atoms with Gasteiger partial charge in [0.25, 0.3) is 5.91 Å². The van der Waals surface area contributed by atoms with Crippen molar-refractivity contribution in [3.05, 3.63) is 34.9 Å². The standard InChI is InChI=1S/C14H18ClNO4S/c1-3-20-14(18)12(8-9-21(2)19)16-13(17)10-4-6-11(15)7-5-10/h4-7,12H,3,8-9H2,1-2H3,(H,16,17). The Morgan fingerprint density at radius 2 is 1.95 bits per heavy atom. The number of benzene rings is 1. The Labute approximate surface area is 131 Å². The lowest BCUT2D eigenvalue weighted by molar-refractivity contribution is -0.145. The number of ether oxygens (including phenoxy) is 1. The van der Waals surface area contributed by atoms with Crippen LogP contribution >= 0.6 is 11.6 Å². The van der Waals surface area contributed by atoms with Crippen LogP contribution in [0.1, 0.15) is 23.7 Å². The lowest BCUT2D eigenvalue weighted by atomic mass is 10.1. The first-order valence-electron chi connectivity index (χ1n) is 6.47. The van der Waals surface area contributed by atoms with Crippen molar-refractivity contribution in [2.45, 2.75) is 19.4 Å². The van der Waals surface area contributed by atoms with Gasteiger partial charge in [0.05, 0.1) is 6.61 Å². The van der Waals surface area contributed by atoms with E-state index in [1.807, 2.05) is 0 Å². The van der Waals surface area contributed by atoms with Crippen molar-refractivity contribution < 1.29 is 18.5 Å². The molecule has 0 spiro atoms. The summed E-state index contributed by atoms with van der Waals surface area (Å²) in [6, 6.07) is 5.51. The van der Waals surface area contributed by atoms with E-state index in [0.29, 0.717) is 16.3 Å². The van der Waals surface area contributed by atoms with Crippen molar-refractivity contribution in [2.24, 2.45) is 0 Å². The van der Waals surface area contributed by atoms with Gasteiger partial charge in [-0.25, -0.2) is 4.79 Å². The molecule has 116 valence electrons. The van der Waals surface area contributed by atoms with Crippen molar-refractivity contribution in [1.29, 1.82) is 0 Å². The predicted molar refractivity (Wildman–Crippen MR) is 82.9 cm³/mol. The van der Waals surface area contributed by atoms with E-state index in [4.69, 9.17) is 16.3 Å². The molecule has 0 aromatic heterocycles. The third kappa shape index (κ3) is 6.27. The second-order valence-corrected chi connectivity index (χ2v) is 6.34. The summed E-state index contributed by atoms with van der Waals surface area (Å²) in [4.78, 5) is 23.9. The molecule has 1 N–H and O–H groups in total. The Hall–Kier alpha value is -1.40. The molecule has 0 saturated heterocycles. The molecule has 1 amide bonds. The van der Waals surface area contributed by atoms with Crippen molar-refractivity contribution in [2.75, 3.05) is 18.6 Å². The number of carbonyl (C=O) groups excluding carboxylic acids is 2. The lowest BCUT2D eigenvalue weighted by Crippen LogP contribution is -2.42. The van der Waals surface area contributed by atoms with Gasteiger partial charge in [-0.3, -0.25) is 9.00 Å². The lowest BCUT2D eigenvalue weighted by Gasteiger charge is -2.16. The molecule has 0 bridgehead atoms. The van der Waals surface area contributed by atoms with E-state index in [1.54, 1.807) is 37.4 Å². The molecular formula is C14H18ClNO4S. The third-order valence-corrected chi connectivity index (χ3v) is 3.74. The molecule has 2 atom stereocenters. The topological polar surface area (TPSA) is 72.5 Å². The number of halogens is 1. The van der Waals surface area contributed by atoms with Gasteiger partial charge in [-0.2, -0.15) is 0 Å². The zero-order valence-corrected chi connectivity index (χ0v) is 13.5. The van der Waals surface area contributed by atoms with Crippen LogP contribution < -0.4 is 5.32 Å². The fourth-order valence-corrected chi connectivity index (χ4v) is 2.31. The average molecular weight is 332 g/mol. The molecule has 0 fully saturated rings. The minimum atomic E-state index is -1.05. The first-order chi connectivity index (χ1) is 9.93. The number of carbonyl (C=O) groups is 2. The minimum absolute atomic E-state index is 0.224. The number of nitrogens with one attached hydrogen (secondary N) is 1. The summed E-state index contributed by atoms with van der Waals surface area (Å²) >= 11 is 5.76. The summed E-state index contributed by atoms with van der Waals surface area (Å²) in [5.41, 5.74) is 0.395. The molecule has 0 heterocycles. The maximum Gasteiger partial charge on any atom is 0.328 e. The Bertz CT molecular complexity index is 518. The fraction of sp³-hybridized carbons (Fsp3) is 0.429. The molecule has 0 radical (unpaired) electrons. The highest BCUT2D eigenvalue weighted by molar-refractivity contribution is 7.84. The van der Waals surface area contributed by atoms with Gasteiger partial charge in [-0.05, 0) is 37.6 Å². The number of amides is 1. The van der Waals surface area contributed by atoms with Crippen LogP contribution in [0.15, 0.2) is 24.3 Å². The van der Waals surface area contributed by atoms with E-state index >= 15 is 0 Å². The van der Waals surface area contributed by atoms with Crippen molar-refractivity contribution in [3.63, 3.8) is 0 Å². The van der Waals surface area contributed by atoms with Crippen LogP contribution in [0.5, 0.6) is 0 Å². The van der Waals surface area contributed by atoms with E-state index in [1.165, 1.54) is 0 Å². The molecule has 0 aliphatic heterocycles. The maximum atomic E-state index is 12.1. The molecule has 2 unspecified atom stereocenters. The molecule has 0 aliphatic carbocycles. The molecule has 1 aromatic rings. The number of hydrogen-bond donors (Lipinski definition) is 1. The van der Waals surface area contributed by atoms with E-state index in [0.717, 1.165) is 0 Å². The van der Waals surface area contributed by atoms with E-state index in [9.17, 15) is 13.8 Å². The monoisotopic (exact) mass is 331 g/mol. The van der Waals surface area contributed by atoms with Gasteiger partial charge >= 0.3 is 5.97 Å². The molecule has 0 saturated carbocycles. The normalized spacial score (nSPS) is 13.3. The Kier molecular flexibility index (Phi) is 7.39. The van der Waals surface area contributed by atoms with E-state index < -0.39 is 28.7 Å². The zero-order valence-electron chi connectivity index (χ0n) is 11.9. The molecular weight excluding hydrogens is 314 g/mol. The molecule has 0 aliphatic rings. The van der Waals surface area contributed by atoms with Gasteiger partial charge in [0.1, 0.15) is 6.04 Å². The highest BCUT2D eigenvalue weighted by Crippen LogP contribution is 2.10. The largest absolute Gasteiger partial charge is 0.464 e. The number of esters is 1. The fourth-order valence-electron chi connectivity index (χ4n) is 1.62. The summed E-state index contributed by atoms with van der Waals surface area (Å²) in [5.74, 6) is -0.610. The molecule has 5 nitrogen and oxygen atoms in total. The molecule has 1 aromatic carbocycles. The van der Waals surface area contributed by atoms with Crippen LogP contribution in [0.4, 0.5) is 0 Å². The van der Waals surface area contributed by atoms with Crippen LogP contribution in [0.3, 0.4) is 0 Å². The number of hydrogen-bond acceptors (Lipinski definition) is 4. The van der Waals surface area contributed by atoms with E-state index in [-0.39, 0.29) is 13.0 Å².